The van der Waals surface area contributed by atoms with Crippen LogP contribution in [0.15, 0.2) is 52.3 Å². The molecule has 1 aliphatic heterocycles. The van der Waals surface area contributed by atoms with Crippen LogP contribution in [0.3, 0.4) is 0 Å². The van der Waals surface area contributed by atoms with Crippen LogP contribution in [-0.2, 0) is 9.84 Å². The molecule has 3 rings (SSSR count). The van der Waals surface area contributed by atoms with Crippen LogP contribution in [0.1, 0.15) is 6.92 Å². The van der Waals surface area contributed by atoms with Crippen molar-refractivity contribution in [3.63, 3.8) is 0 Å². The van der Waals surface area contributed by atoms with Crippen LogP contribution in [0.25, 0.3) is 0 Å². The summed E-state index contributed by atoms with van der Waals surface area (Å²) < 4.78 is 60.9. The summed E-state index contributed by atoms with van der Waals surface area (Å²) in [6.07, 6.45) is 0. The molecule has 1 aliphatic rings. The average molecular weight is 426 g/mol. The summed E-state index contributed by atoms with van der Waals surface area (Å²) >= 11 is 0. The first-order valence-electron chi connectivity index (χ1n) is 9.30. The number of halogens is 2. The highest BCUT2D eigenvalue weighted by atomic mass is 32.2. The van der Waals surface area contributed by atoms with Crippen molar-refractivity contribution >= 4 is 15.5 Å². The quantitative estimate of drug-likeness (QED) is 0.677. The first-order chi connectivity index (χ1) is 13.8. The average Bonchev–Trinajstić information content (AvgIpc) is 2.73. The maximum Gasteiger partial charge on any atom is 0.387 e. The van der Waals surface area contributed by atoms with Crippen molar-refractivity contribution in [1.82, 2.24) is 4.90 Å². The van der Waals surface area contributed by atoms with Crippen LogP contribution in [0.2, 0.25) is 0 Å². The van der Waals surface area contributed by atoms with E-state index in [-0.39, 0.29) is 15.5 Å². The summed E-state index contributed by atoms with van der Waals surface area (Å²) in [6.45, 7) is 3.32. The number of benzene rings is 2. The molecule has 29 heavy (non-hydrogen) atoms. The molecule has 1 heterocycles. The van der Waals surface area contributed by atoms with E-state index in [1.165, 1.54) is 24.3 Å². The molecule has 0 spiro atoms. The molecule has 0 amide bonds. The lowest BCUT2D eigenvalue weighted by atomic mass is 10.2. The molecule has 0 radical (unpaired) electrons. The molecule has 0 saturated carbocycles. The van der Waals surface area contributed by atoms with Crippen molar-refractivity contribution in [3.05, 3.63) is 42.5 Å². The van der Waals surface area contributed by atoms with E-state index in [0.717, 1.165) is 38.8 Å². The van der Waals surface area contributed by atoms with Crippen LogP contribution in [-0.4, -0.2) is 59.8 Å². The third-order valence-corrected chi connectivity index (χ3v) is 6.71. The molecule has 2 aromatic rings. The molecule has 1 fully saturated rings. The normalized spacial score (nSPS) is 15.6. The molecular weight excluding hydrogens is 402 g/mol. The molecule has 0 aromatic heterocycles. The summed E-state index contributed by atoms with van der Waals surface area (Å²) in [5, 5.41) is 0. The monoisotopic (exact) mass is 426 g/mol. The Bertz CT molecular complexity index is 945. The fourth-order valence-electron chi connectivity index (χ4n) is 3.34. The SMILES string of the molecule is CCN1CCN(c2cc(S(=O)(=O)c3cccc(OC(F)F)c3)ccc2OC)CC1. The molecule has 0 bridgehead atoms. The van der Waals surface area contributed by atoms with Crippen LogP contribution in [0.4, 0.5) is 14.5 Å². The standard InChI is InChI=1S/C20H24F2N2O4S/c1-3-23-9-11-24(12-10-23)18-14-17(7-8-19(18)27-2)29(25,26)16-6-4-5-15(13-16)28-20(21)22/h4-8,13-14,20H,3,9-12H2,1-2H3. The van der Waals surface area contributed by atoms with E-state index >= 15 is 0 Å². The maximum absolute atomic E-state index is 13.1. The Balaban J connectivity index is 1.94. The number of methoxy groups -OCH3 is 1. The van der Waals surface area contributed by atoms with Gasteiger partial charge in [-0.05, 0) is 42.9 Å². The smallest absolute Gasteiger partial charge is 0.387 e. The lowest BCUT2D eigenvalue weighted by molar-refractivity contribution is -0.0499. The van der Waals surface area contributed by atoms with Crippen molar-refractivity contribution in [2.75, 3.05) is 44.7 Å². The minimum atomic E-state index is -3.92. The van der Waals surface area contributed by atoms with Gasteiger partial charge < -0.3 is 19.3 Å². The summed E-state index contributed by atoms with van der Waals surface area (Å²) in [5.74, 6) is 0.384. The lowest BCUT2D eigenvalue weighted by Gasteiger charge is -2.36. The van der Waals surface area contributed by atoms with Crippen LogP contribution >= 0.6 is 0 Å². The van der Waals surface area contributed by atoms with Crippen LogP contribution < -0.4 is 14.4 Å². The minimum Gasteiger partial charge on any atom is -0.495 e. The number of sulfone groups is 1. The van der Waals surface area contributed by atoms with E-state index in [0.29, 0.717) is 11.4 Å². The first-order valence-corrected chi connectivity index (χ1v) is 10.8. The van der Waals surface area contributed by atoms with E-state index < -0.39 is 16.4 Å². The van der Waals surface area contributed by atoms with Crippen molar-refractivity contribution in [3.8, 4) is 11.5 Å². The number of hydrogen-bond donors (Lipinski definition) is 0. The third kappa shape index (κ3) is 4.79. The van der Waals surface area contributed by atoms with Crippen molar-refractivity contribution in [2.45, 2.75) is 23.3 Å². The fourth-order valence-corrected chi connectivity index (χ4v) is 4.66. The minimum absolute atomic E-state index is 0.0698. The number of piperazine rings is 1. The molecule has 158 valence electrons. The van der Waals surface area contributed by atoms with Crippen LogP contribution in [0, 0.1) is 0 Å². The zero-order valence-electron chi connectivity index (χ0n) is 16.3. The summed E-state index contributed by atoms with van der Waals surface area (Å²) in [7, 11) is -2.37. The molecule has 0 N–H and O–H groups in total. The number of anilines is 1. The Hall–Kier alpha value is -2.39. The highest BCUT2D eigenvalue weighted by molar-refractivity contribution is 7.91. The summed E-state index contributed by atoms with van der Waals surface area (Å²) in [5.41, 5.74) is 0.698. The maximum atomic E-state index is 13.1. The van der Waals surface area contributed by atoms with Gasteiger partial charge in [0.25, 0.3) is 0 Å². The predicted octanol–water partition coefficient (Wildman–Crippen LogP) is 3.27. The second kappa shape index (κ2) is 8.96. The predicted molar refractivity (Wildman–Crippen MR) is 106 cm³/mol. The molecular formula is C20H24F2N2O4S. The number of likely N-dealkylation sites (N-methyl/N-ethyl adjacent to an activating group) is 1. The Labute approximate surface area is 169 Å². The van der Waals surface area contributed by atoms with Gasteiger partial charge in [-0.3, -0.25) is 0 Å². The van der Waals surface area contributed by atoms with Gasteiger partial charge in [-0.1, -0.05) is 13.0 Å². The van der Waals surface area contributed by atoms with E-state index in [2.05, 4.69) is 21.5 Å². The van der Waals surface area contributed by atoms with Gasteiger partial charge in [-0.15, -0.1) is 0 Å². The lowest BCUT2D eigenvalue weighted by Crippen LogP contribution is -2.46. The Kier molecular flexibility index (Phi) is 6.59. The highest BCUT2D eigenvalue weighted by Gasteiger charge is 2.24. The Morgan fingerprint density at radius 2 is 1.72 bits per heavy atom. The van der Waals surface area contributed by atoms with Gasteiger partial charge in [-0.25, -0.2) is 8.42 Å². The van der Waals surface area contributed by atoms with E-state index in [1.807, 2.05) is 0 Å². The van der Waals surface area contributed by atoms with Gasteiger partial charge in [0.05, 0.1) is 22.6 Å². The van der Waals surface area contributed by atoms with Gasteiger partial charge in [0.15, 0.2) is 0 Å². The summed E-state index contributed by atoms with van der Waals surface area (Å²) in [4.78, 5) is 4.38. The Morgan fingerprint density at radius 1 is 1.03 bits per heavy atom. The van der Waals surface area contributed by atoms with Crippen molar-refractivity contribution < 1.29 is 26.7 Å². The first kappa shape index (κ1) is 21.3. The molecule has 6 nitrogen and oxygen atoms in total. The largest absolute Gasteiger partial charge is 0.495 e. The zero-order chi connectivity index (χ0) is 21.0. The van der Waals surface area contributed by atoms with Crippen molar-refractivity contribution in [1.29, 1.82) is 0 Å². The number of hydrogen-bond acceptors (Lipinski definition) is 6. The number of ether oxygens (including phenoxy) is 2. The van der Waals surface area contributed by atoms with Crippen molar-refractivity contribution in [2.24, 2.45) is 0 Å². The molecule has 0 atom stereocenters. The van der Waals surface area contributed by atoms with Gasteiger partial charge in [0.1, 0.15) is 11.5 Å². The second-order valence-electron chi connectivity index (χ2n) is 6.61. The van der Waals surface area contributed by atoms with Crippen LogP contribution in [0.5, 0.6) is 11.5 Å². The third-order valence-electron chi connectivity index (χ3n) is 4.96. The number of nitrogens with zero attached hydrogens (tertiary/aromatic N) is 2. The molecule has 0 aliphatic carbocycles. The fraction of sp³-hybridized carbons (Fsp3) is 0.400. The van der Waals surface area contributed by atoms with Gasteiger partial charge in [0, 0.05) is 26.2 Å². The number of alkyl halides is 2. The number of rotatable bonds is 7. The summed E-state index contributed by atoms with van der Waals surface area (Å²) in [6, 6.07) is 9.78. The molecule has 9 heteroatoms. The van der Waals surface area contributed by atoms with E-state index in [9.17, 15) is 17.2 Å². The van der Waals surface area contributed by atoms with E-state index in [4.69, 9.17) is 4.74 Å². The Morgan fingerprint density at radius 3 is 2.34 bits per heavy atom. The van der Waals surface area contributed by atoms with Gasteiger partial charge in [0.2, 0.25) is 9.84 Å². The topological polar surface area (TPSA) is 59.1 Å². The van der Waals surface area contributed by atoms with E-state index in [1.54, 1.807) is 19.2 Å². The molecule has 0 unspecified atom stereocenters. The van der Waals surface area contributed by atoms with Gasteiger partial charge in [-0.2, -0.15) is 8.78 Å². The second-order valence-corrected chi connectivity index (χ2v) is 8.56. The molecule has 1 saturated heterocycles. The van der Waals surface area contributed by atoms with Gasteiger partial charge >= 0.3 is 6.61 Å². The zero-order valence-corrected chi connectivity index (χ0v) is 17.2. The molecule has 2 aromatic carbocycles. The highest BCUT2D eigenvalue weighted by Crippen LogP contribution is 2.34.